The zero-order valence-electron chi connectivity index (χ0n) is 18.8. The first-order valence-electron chi connectivity index (χ1n) is 11.3. The van der Waals surface area contributed by atoms with Crippen LogP contribution in [0.4, 0.5) is 17.6 Å². The predicted octanol–water partition coefficient (Wildman–Crippen LogP) is 4.69. The van der Waals surface area contributed by atoms with Crippen LogP contribution in [0.15, 0.2) is 47.4 Å². The molecule has 35 heavy (non-hydrogen) atoms. The van der Waals surface area contributed by atoms with E-state index in [0.29, 0.717) is 55.4 Å². The summed E-state index contributed by atoms with van der Waals surface area (Å²) in [5.41, 5.74) is 0.694. The third kappa shape index (κ3) is 6.56. The van der Waals surface area contributed by atoms with Gasteiger partial charge in [0.2, 0.25) is 10.0 Å². The van der Waals surface area contributed by atoms with Gasteiger partial charge < -0.3 is 4.74 Å². The second-order valence-electron chi connectivity index (χ2n) is 8.87. The number of ether oxygens (including phenoxy) is 1. The molecule has 2 aromatic rings. The molecule has 1 saturated carbocycles. The van der Waals surface area contributed by atoms with Gasteiger partial charge in [-0.25, -0.2) is 17.5 Å². The minimum Gasteiger partial charge on any atom is -0.377 e. The molecule has 0 atom stereocenters. The average Bonchev–Trinajstić information content (AvgIpc) is 3.63. The van der Waals surface area contributed by atoms with Crippen molar-refractivity contribution in [2.75, 3.05) is 19.8 Å². The van der Waals surface area contributed by atoms with Gasteiger partial charge in [-0.05, 0) is 71.7 Å². The van der Waals surface area contributed by atoms with Crippen molar-refractivity contribution in [2.24, 2.45) is 5.92 Å². The molecule has 2 aliphatic rings. The summed E-state index contributed by atoms with van der Waals surface area (Å²) in [4.78, 5) is 12.9. The second-order valence-corrected chi connectivity index (χ2v) is 10.6. The number of alkyl halides is 3. The summed E-state index contributed by atoms with van der Waals surface area (Å²) >= 11 is 0. The molecule has 0 bridgehead atoms. The molecule has 10 heteroatoms. The summed E-state index contributed by atoms with van der Waals surface area (Å²) in [5.74, 6) is -1.48. The summed E-state index contributed by atoms with van der Waals surface area (Å²) in [5, 5.41) is 0. The van der Waals surface area contributed by atoms with Gasteiger partial charge in [-0.15, -0.1) is 0 Å². The van der Waals surface area contributed by atoms with Gasteiger partial charge in [-0.3, -0.25) is 4.79 Å². The third-order valence-electron chi connectivity index (χ3n) is 6.08. The molecule has 0 aromatic heterocycles. The molecule has 0 amide bonds. The van der Waals surface area contributed by atoms with Gasteiger partial charge in [0.05, 0.1) is 23.7 Å². The molecular formula is C25H25F4NO4S. The van der Waals surface area contributed by atoms with Crippen molar-refractivity contribution in [1.82, 2.24) is 4.72 Å². The minimum atomic E-state index is -4.87. The van der Waals surface area contributed by atoms with E-state index in [1.807, 2.05) is 6.08 Å². The maximum atomic E-state index is 13.6. The molecule has 0 radical (unpaired) electrons. The largest absolute Gasteiger partial charge is 0.419 e. The van der Waals surface area contributed by atoms with Crippen molar-refractivity contribution in [3.05, 3.63) is 70.5 Å². The number of hydrogen-bond donors (Lipinski definition) is 1. The molecule has 1 aliphatic heterocycles. The number of sulfonamides is 1. The van der Waals surface area contributed by atoms with Gasteiger partial charge >= 0.3 is 6.18 Å². The second kappa shape index (κ2) is 10.2. The van der Waals surface area contributed by atoms with Crippen LogP contribution < -0.4 is 4.72 Å². The van der Waals surface area contributed by atoms with Crippen molar-refractivity contribution in [2.45, 2.75) is 43.2 Å². The molecule has 188 valence electrons. The summed E-state index contributed by atoms with van der Waals surface area (Å²) in [6.07, 6.45) is -0.988. The number of ketones is 1. The van der Waals surface area contributed by atoms with Crippen LogP contribution in [-0.4, -0.2) is 34.0 Å². The van der Waals surface area contributed by atoms with Gasteiger partial charge in [0, 0.05) is 19.4 Å². The van der Waals surface area contributed by atoms with E-state index in [2.05, 4.69) is 4.72 Å². The molecule has 2 aromatic carbocycles. The standard InChI is InChI=1S/C25H25F4NO4S/c26-24-6-3-17(12-23(24)25(27,28)29)11-20(31)13-19-14-21(35(32,33)30-15-16-1-2-16)4-5-22(19)18-7-9-34-10-8-18/h3-7,12,14,16,30H,1-2,8-11,13,15H2. The topological polar surface area (TPSA) is 72.5 Å². The van der Waals surface area contributed by atoms with Crippen LogP contribution in [0.2, 0.25) is 0 Å². The molecule has 1 aliphatic carbocycles. The highest BCUT2D eigenvalue weighted by Crippen LogP contribution is 2.33. The fraction of sp³-hybridized carbons (Fsp3) is 0.400. The van der Waals surface area contributed by atoms with Gasteiger partial charge in [0.15, 0.2) is 0 Å². The van der Waals surface area contributed by atoms with Crippen molar-refractivity contribution in [3.63, 3.8) is 0 Å². The highest BCUT2D eigenvalue weighted by molar-refractivity contribution is 7.89. The van der Waals surface area contributed by atoms with Gasteiger partial charge in [-0.2, -0.15) is 13.2 Å². The molecule has 0 saturated heterocycles. The minimum absolute atomic E-state index is 0.0264. The van der Waals surface area contributed by atoms with Crippen LogP contribution in [-0.2, 0) is 38.6 Å². The lowest BCUT2D eigenvalue weighted by Crippen LogP contribution is -2.26. The quantitative estimate of drug-likeness (QED) is 0.496. The van der Waals surface area contributed by atoms with E-state index in [4.69, 9.17) is 4.74 Å². The average molecular weight is 512 g/mol. The van der Waals surface area contributed by atoms with E-state index in [1.165, 1.54) is 12.1 Å². The fourth-order valence-corrected chi connectivity index (χ4v) is 5.17. The van der Waals surface area contributed by atoms with E-state index in [0.717, 1.165) is 24.5 Å². The SMILES string of the molecule is O=C(Cc1ccc(F)c(C(F)(F)F)c1)Cc1cc(S(=O)(=O)NCC2CC2)ccc1C1=CCOCC1. The predicted molar refractivity (Wildman–Crippen MR) is 122 cm³/mol. The van der Waals surface area contributed by atoms with E-state index >= 15 is 0 Å². The summed E-state index contributed by atoms with van der Waals surface area (Å²) in [7, 11) is -3.78. The Balaban J connectivity index is 1.60. The normalized spacial score (nSPS) is 16.7. The number of benzene rings is 2. The lowest BCUT2D eigenvalue weighted by molar-refractivity contribution is -0.140. The van der Waals surface area contributed by atoms with Gasteiger partial charge in [0.1, 0.15) is 11.6 Å². The van der Waals surface area contributed by atoms with E-state index in [-0.39, 0.29) is 23.3 Å². The number of carbonyl (C=O) groups excluding carboxylic acids is 1. The molecule has 1 fully saturated rings. The van der Waals surface area contributed by atoms with Gasteiger partial charge in [0.25, 0.3) is 0 Å². The number of carbonyl (C=O) groups is 1. The van der Waals surface area contributed by atoms with Crippen molar-refractivity contribution in [3.8, 4) is 0 Å². The highest BCUT2D eigenvalue weighted by atomic mass is 32.2. The Kier molecular flexibility index (Phi) is 7.44. The smallest absolute Gasteiger partial charge is 0.377 e. The van der Waals surface area contributed by atoms with Crippen molar-refractivity contribution < 1.29 is 35.5 Å². The zero-order valence-corrected chi connectivity index (χ0v) is 19.6. The Hall–Kier alpha value is -2.56. The van der Waals surface area contributed by atoms with Gasteiger partial charge in [-0.1, -0.05) is 18.2 Å². The summed E-state index contributed by atoms with van der Waals surface area (Å²) < 4.78 is 86.2. The Bertz CT molecular complexity index is 1250. The number of Topliss-reactive ketones (excluding diaryl/α,β-unsaturated/α-hetero) is 1. The molecule has 1 heterocycles. The van der Waals surface area contributed by atoms with Crippen molar-refractivity contribution >= 4 is 21.4 Å². The number of rotatable bonds is 9. The van der Waals surface area contributed by atoms with Crippen LogP contribution >= 0.6 is 0 Å². The zero-order chi connectivity index (χ0) is 25.2. The van der Waals surface area contributed by atoms with E-state index in [1.54, 1.807) is 6.07 Å². The maximum absolute atomic E-state index is 13.6. The van der Waals surface area contributed by atoms with Crippen LogP contribution in [0.3, 0.4) is 0 Å². The Morgan fingerprint density at radius 3 is 2.51 bits per heavy atom. The molecule has 5 nitrogen and oxygen atoms in total. The number of nitrogens with one attached hydrogen (secondary N) is 1. The summed E-state index contributed by atoms with van der Waals surface area (Å²) in [6, 6.07) is 7.08. The molecule has 4 rings (SSSR count). The molecular weight excluding hydrogens is 486 g/mol. The van der Waals surface area contributed by atoms with Crippen LogP contribution in [0, 0.1) is 11.7 Å². The fourth-order valence-electron chi connectivity index (χ4n) is 4.00. The molecule has 1 N–H and O–H groups in total. The Morgan fingerprint density at radius 2 is 1.86 bits per heavy atom. The molecule has 0 unspecified atom stereocenters. The number of hydrogen-bond acceptors (Lipinski definition) is 4. The van der Waals surface area contributed by atoms with E-state index < -0.39 is 33.4 Å². The Labute approximate surface area is 201 Å². The third-order valence-corrected chi connectivity index (χ3v) is 7.50. The van der Waals surface area contributed by atoms with Crippen LogP contribution in [0.1, 0.15) is 41.5 Å². The maximum Gasteiger partial charge on any atom is 0.419 e. The lowest BCUT2D eigenvalue weighted by atomic mass is 9.92. The van der Waals surface area contributed by atoms with Crippen LogP contribution in [0.5, 0.6) is 0 Å². The van der Waals surface area contributed by atoms with Crippen molar-refractivity contribution in [1.29, 1.82) is 0 Å². The van der Waals surface area contributed by atoms with E-state index in [9.17, 15) is 30.8 Å². The van der Waals surface area contributed by atoms with Crippen LogP contribution in [0.25, 0.3) is 5.57 Å². The first-order valence-corrected chi connectivity index (χ1v) is 12.8. The first kappa shape index (κ1) is 25.5. The summed E-state index contributed by atoms with van der Waals surface area (Å²) in [6.45, 7) is 1.23. The number of halogens is 4. The lowest BCUT2D eigenvalue weighted by Gasteiger charge is -2.18. The molecule has 0 spiro atoms. The monoisotopic (exact) mass is 511 g/mol. The first-order chi connectivity index (χ1) is 16.5. The highest BCUT2D eigenvalue weighted by Gasteiger charge is 2.34. The Morgan fingerprint density at radius 1 is 1.09 bits per heavy atom.